The molecule has 8 heteroatoms. The van der Waals surface area contributed by atoms with Crippen LogP contribution in [0.5, 0.6) is 0 Å². The van der Waals surface area contributed by atoms with E-state index in [0.29, 0.717) is 13.1 Å². The zero-order valence-electron chi connectivity index (χ0n) is 15.4. The van der Waals surface area contributed by atoms with Gasteiger partial charge in [-0.15, -0.1) is 0 Å². The lowest BCUT2D eigenvalue weighted by Crippen LogP contribution is -2.44. The molecule has 7 nitrogen and oxygen atoms in total. The van der Waals surface area contributed by atoms with E-state index in [1.54, 1.807) is 18.4 Å². The van der Waals surface area contributed by atoms with Gasteiger partial charge in [0.25, 0.3) is 10.2 Å². The fraction of sp³-hybridized carbons (Fsp3) is 0.444. The maximum Gasteiger partial charge on any atom is 0.281 e. The number of hydrogen-bond acceptors (Lipinski definition) is 5. The molecule has 1 N–H and O–H groups in total. The minimum Gasteiger partial charge on any atom is -0.339 e. The monoisotopic (exact) mass is 375 g/mol. The molecule has 1 aliphatic heterocycles. The summed E-state index contributed by atoms with van der Waals surface area (Å²) in [7, 11) is -0.187. The van der Waals surface area contributed by atoms with Crippen molar-refractivity contribution in [3.63, 3.8) is 0 Å². The fourth-order valence-electron chi connectivity index (χ4n) is 3.09. The van der Waals surface area contributed by atoms with E-state index in [2.05, 4.69) is 15.3 Å². The van der Waals surface area contributed by atoms with Crippen LogP contribution in [0.4, 0.5) is 11.5 Å². The van der Waals surface area contributed by atoms with Crippen molar-refractivity contribution in [2.24, 2.45) is 0 Å². The molecule has 0 aliphatic carbocycles. The molecule has 1 aliphatic rings. The number of nitrogens with one attached hydrogen (secondary N) is 1. The number of anilines is 2. The lowest BCUT2D eigenvalue weighted by atomic mass is 9.94. The summed E-state index contributed by atoms with van der Waals surface area (Å²) in [5.41, 5.74) is 2.85. The predicted octanol–water partition coefficient (Wildman–Crippen LogP) is 2.51. The van der Waals surface area contributed by atoms with Gasteiger partial charge in [0.05, 0.1) is 11.9 Å². The van der Waals surface area contributed by atoms with E-state index in [0.717, 1.165) is 35.7 Å². The number of hydrogen-bond donors (Lipinski definition) is 1. The average molecular weight is 375 g/mol. The average Bonchev–Trinajstić information content (AvgIpc) is 2.62. The molecule has 0 saturated carbocycles. The normalized spacial score (nSPS) is 16.8. The highest BCUT2D eigenvalue weighted by molar-refractivity contribution is 7.86. The van der Waals surface area contributed by atoms with Crippen LogP contribution in [0.1, 0.15) is 30.1 Å². The number of pyridine rings is 2. The Bertz CT molecular complexity index is 844. The second-order valence-corrected chi connectivity index (χ2v) is 8.87. The van der Waals surface area contributed by atoms with E-state index < -0.39 is 10.2 Å². The minimum absolute atomic E-state index is 0.287. The van der Waals surface area contributed by atoms with Crippen LogP contribution in [0, 0.1) is 6.92 Å². The van der Waals surface area contributed by atoms with Gasteiger partial charge in [0.1, 0.15) is 5.82 Å². The molecule has 2 aromatic heterocycles. The van der Waals surface area contributed by atoms with Crippen LogP contribution < -0.4 is 5.32 Å². The molecule has 3 rings (SSSR count). The number of aryl methyl sites for hydroxylation is 1. The van der Waals surface area contributed by atoms with E-state index >= 15 is 0 Å². The van der Waals surface area contributed by atoms with Crippen LogP contribution >= 0.6 is 0 Å². The zero-order valence-corrected chi connectivity index (χ0v) is 16.2. The number of nitrogens with zero attached hydrogens (tertiary/aromatic N) is 4. The van der Waals surface area contributed by atoms with Gasteiger partial charge in [-0.05, 0) is 44.0 Å². The molecule has 0 spiro atoms. The van der Waals surface area contributed by atoms with Gasteiger partial charge in [-0.2, -0.15) is 17.0 Å². The zero-order chi connectivity index (χ0) is 18.7. The van der Waals surface area contributed by atoms with Crippen molar-refractivity contribution in [3.8, 4) is 0 Å². The van der Waals surface area contributed by atoms with E-state index in [1.807, 2.05) is 43.5 Å². The summed E-state index contributed by atoms with van der Waals surface area (Å²) in [6.45, 7) is 3.01. The molecule has 3 heterocycles. The van der Waals surface area contributed by atoms with Gasteiger partial charge in [-0.1, -0.05) is 6.07 Å². The first-order chi connectivity index (χ1) is 12.4. The van der Waals surface area contributed by atoms with Crippen LogP contribution in [0.15, 0.2) is 36.5 Å². The third kappa shape index (κ3) is 4.20. The van der Waals surface area contributed by atoms with Crippen molar-refractivity contribution < 1.29 is 8.42 Å². The van der Waals surface area contributed by atoms with Crippen molar-refractivity contribution in [2.75, 3.05) is 32.5 Å². The highest BCUT2D eigenvalue weighted by Gasteiger charge is 2.30. The minimum atomic E-state index is -3.32. The highest BCUT2D eigenvalue weighted by atomic mass is 32.2. The van der Waals surface area contributed by atoms with E-state index in [-0.39, 0.29) is 5.92 Å². The topological polar surface area (TPSA) is 78.4 Å². The van der Waals surface area contributed by atoms with Gasteiger partial charge >= 0.3 is 0 Å². The third-order valence-electron chi connectivity index (χ3n) is 4.61. The van der Waals surface area contributed by atoms with Crippen molar-refractivity contribution in [2.45, 2.75) is 25.7 Å². The Morgan fingerprint density at radius 2 is 1.88 bits per heavy atom. The second-order valence-electron chi connectivity index (χ2n) is 6.72. The Balaban J connectivity index is 1.61. The molecule has 1 saturated heterocycles. The third-order valence-corrected chi connectivity index (χ3v) is 6.55. The summed E-state index contributed by atoms with van der Waals surface area (Å²) < 4.78 is 27.2. The molecular weight excluding hydrogens is 350 g/mol. The van der Waals surface area contributed by atoms with Crippen LogP contribution in [0.25, 0.3) is 0 Å². The maximum atomic E-state index is 12.2. The van der Waals surface area contributed by atoms with E-state index in [1.165, 1.54) is 4.31 Å². The van der Waals surface area contributed by atoms with Gasteiger partial charge in [0, 0.05) is 44.5 Å². The van der Waals surface area contributed by atoms with Crippen LogP contribution in [-0.2, 0) is 10.2 Å². The Morgan fingerprint density at radius 1 is 1.15 bits per heavy atom. The number of rotatable bonds is 5. The van der Waals surface area contributed by atoms with Crippen LogP contribution in [0.2, 0.25) is 0 Å². The summed E-state index contributed by atoms with van der Waals surface area (Å²) in [6.07, 6.45) is 3.38. The molecular formula is C18H25N5O2S. The van der Waals surface area contributed by atoms with Gasteiger partial charge in [0.15, 0.2) is 0 Å². The quantitative estimate of drug-likeness (QED) is 0.869. The maximum absolute atomic E-state index is 12.2. The largest absolute Gasteiger partial charge is 0.339 e. The Labute approximate surface area is 155 Å². The molecule has 2 aromatic rings. The molecule has 0 aromatic carbocycles. The van der Waals surface area contributed by atoms with Crippen molar-refractivity contribution in [1.29, 1.82) is 0 Å². The summed E-state index contributed by atoms with van der Waals surface area (Å²) in [5.74, 6) is 1.08. The Kier molecular flexibility index (Phi) is 5.55. The van der Waals surface area contributed by atoms with Crippen molar-refractivity contribution in [3.05, 3.63) is 47.9 Å². The smallest absolute Gasteiger partial charge is 0.281 e. The molecule has 0 radical (unpaired) electrons. The fourth-order valence-corrected chi connectivity index (χ4v) is 4.23. The van der Waals surface area contributed by atoms with Crippen LogP contribution in [0.3, 0.4) is 0 Å². The van der Waals surface area contributed by atoms with Gasteiger partial charge in [-0.25, -0.2) is 4.98 Å². The van der Waals surface area contributed by atoms with Gasteiger partial charge in [-0.3, -0.25) is 4.98 Å². The molecule has 0 unspecified atom stereocenters. The summed E-state index contributed by atoms with van der Waals surface area (Å²) in [5, 5.41) is 3.25. The summed E-state index contributed by atoms with van der Waals surface area (Å²) in [4.78, 5) is 9.00. The molecule has 26 heavy (non-hydrogen) atoms. The Morgan fingerprint density at radius 3 is 2.46 bits per heavy atom. The molecule has 0 amide bonds. The number of piperidine rings is 1. The predicted molar refractivity (Wildman–Crippen MR) is 103 cm³/mol. The first kappa shape index (κ1) is 18.8. The number of aromatic nitrogens is 2. The lowest BCUT2D eigenvalue weighted by Gasteiger charge is -2.32. The second kappa shape index (κ2) is 7.69. The first-order valence-electron chi connectivity index (χ1n) is 8.70. The highest BCUT2D eigenvalue weighted by Crippen LogP contribution is 2.29. The Hall–Kier alpha value is -2.03. The van der Waals surface area contributed by atoms with Crippen molar-refractivity contribution >= 4 is 21.7 Å². The SMILES string of the molecule is Cc1cccc(Nc2ccc(C3CCN(S(=O)(=O)N(C)C)CC3)nc2)n1. The van der Waals surface area contributed by atoms with E-state index in [9.17, 15) is 8.42 Å². The summed E-state index contributed by atoms with van der Waals surface area (Å²) >= 11 is 0. The van der Waals surface area contributed by atoms with Gasteiger partial charge in [0.2, 0.25) is 0 Å². The van der Waals surface area contributed by atoms with Crippen molar-refractivity contribution in [1.82, 2.24) is 18.6 Å². The molecule has 140 valence electrons. The molecule has 1 fully saturated rings. The lowest BCUT2D eigenvalue weighted by molar-refractivity contribution is 0.300. The van der Waals surface area contributed by atoms with Crippen LogP contribution in [-0.4, -0.2) is 54.2 Å². The van der Waals surface area contributed by atoms with Gasteiger partial charge < -0.3 is 5.32 Å². The standard InChI is InChI=1S/C18H25N5O2S/c1-14-5-4-6-18(20-14)21-16-7-8-17(19-13-16)15-9-11-23(12-10-15)26(24,25)22(2)3/h4-8,13,15H,9-12H2,1-3H3,(H,20,21). The first-order valence-corrected chi connectivity index (χ1v) is 10.1. The van der Waals surface area contributed by atoms with E-state index in [4.69, 9.17) is 0 Å². The molecule has 0 atom stereocenters. The summed E-state index contributed by atoms with van der Waals surface area (Å²) in [6, 6.07) is 9.84. The molecule has 0 bridgehead atoms.